The van der Waals surface area contributed by atoms with Crippen molar-refractivity contribution < 1.29 is 4.57 Å². The van der Waals surface area contributed by atoms with Crippen LogP contribution in [0.15, 0.2) is 140 Å². The van der Waals surface area contributed by atoms with Crippen molar-refractivity contribution >= 4 is 34.1 Å². The summed E-state index contributed by atoms with van der Waals surface area (Å²) in [5, 5.41) is 4.29. The second-order valence-corrected chi connectivity index (χ2v) is 14.2. The van der Waals surface area contributed by atoms with E-state index < -0.39 is 7.14 Å². The van der Waals surface area contributed by atoms with Crippen LogP contribution in [0.4, 0.5) is 0 Å². The highest BCUT2D eigenvalue weighted by molar-refractivity contribution is 7.70. The second kappa shape index (κ2) is 10.5. The molecule has 6 aromatic carbocycles. The quantitative estimate of drug-likeness (QED) is 0.197. The molecule has 7 rings (SSSR count). The van der Waals surface area contributed by atoms with Crippen molar-refractivity contribution in [2.24, 2.45) is 0 Å². The van der Waals surface area contributed by atoms with E-state index in [1.54, 1.807) is 0 Å². The fourth-order valence-corrected chi connectivity index (χ4v) is 6.53. The average molecular weight is 561 g/mol. The van der Waals surface area contributed by atoms with Crippen LogP contribution in [-0.4, -0.2) is 23.3 Å². The predicted octanol–water partition coefficient (Wildman–Crippen LogP) is 9.70. The fraction of sp³-hybridized carbons (Fsp3) is 0.0526. The third-order valence-corrected chi connectivity index (χ3v) is 9.33. The highest BCUT2D eigenvalue weighted by atomic mass is 31.2. The summed E-state index contributed by atoms with van der Waals surface area (Å²) in [4.78, 5) is 9.89. The molecule has 1 heterocycles. The van der Waals surface area contributed by atoms with Crippen LogP contribution in [0.3, 0.4) is 0 Å². The van der Waals surface area contributed by atoms with Crippen molar-refractivity contribution in [3.05, 3.63) is 140 Å². The molecule has 0 amide bonds. The third kappa shape index (κ3) is 4.83. The molecule has 0 saturated carbocycles. The monoisotopic (exact) mass is 560 g/mol. The standard InChI is InChI=1S/C38H29N2OP/c1-42(2,41)30-14-10-13-29(25-30)32-24-23-31(33-15-6-7-16-34(32)33)26-19-21-27(22-20-26)37-35-17-8-9-18-36(35)39-38(40-37)28-11-4-3-5-12-28/h3-25H,1-2H3. The minimum absolute atomic E-state index is 0.724. The smallest absolute Gasteiger partial charge is 0.160 e. The minimum atomic E-state index is -2.36. The van der Waals surface area contributed by atoms with Crippen LogP contribution >= 0.6 is 7.14 Å². The molecule has 0 spiro atoms. The Labute approximate surface area is 245 Å². The molecule has 0 atom stereocenters. The molecule has 0 saturated heterocycles. The van der Waals surface area contributed by atoms with Crippen LogP contribution in [0.5, 0.6) is 0 Å². The lowest BCUT2D eigenvalue weighted by Crippen LogP contribution is -2.02. The second-order valence-electron chi connectivity index (χ2n) is 11.0. The zero-order valence-electron chi connectivity index (χ0n) is 23.5. The molecule has 0 fully saturated rings. The van der Waals surface area contributed by atoms with Crippen LogP contribution in [0.1, 0.15) is 0 Å². The van der Waals surface area contributed by atoms with Gasteiger partial charge in [-0.25, -0.2) is 9.97 Å². The maximum Gasteiger partial charge on any atom is 0.160 e. The molecule has 0 radical (unpaired) electrons. The molecule has 7 aromatic rings. The van der Waals surface area contributed by atoms with E-state index in [1.807, 2.05) is 74.0 Å². The van der Waals surface area contributed by atoms with E-state index in [2.05, 4.69) is 78.9 Å². The first-order valence-electron chi connectivity index (χ1n) is 14.1. The molecular weight excluding hydrogens is 531 g/mol. The topological polar surface area (TPSA) is 42.9 Å². The molecule has 202 valence electrons. The normalized spacial score (nSPS) is 11.7. The predicted molar refractivity (Wildman–Crippen MR) is 178 cm³/mol. The van der Waals surface area contributed by atoms with Crippen molar-refractivity contribution in [2.45, 2.75) is 0 Å². The summed E-state index contributed by atoms with van der Waals surface area (Å²) in [6, 6.07) is 48.1. The molecule has 0 aliphatic carbocycles. The van der Waals surface area contributed by atoms with Gasteiger partial charge in [-0.15, -0.1) is 0 Å². The average Bonchev–Trinajstić information content (AvgIpc) is 3.04. The number of fused-ring (bicyclic) bond motifs is 2. The van der Waals surface area contributed by atoms with Gasteiger partial charge in [0.05, 0.1) is 11.2 Å². The molecule has 0 unspecified atom stereocenters. The van der Waals surface area contributed by atoms with Gasteiger partial charge in [0.25, 0.3) is 0 Å². The van der Waals surface area contributed by atoms with Gasteiger partial charge in [-0.05, 0) is 58.5 Å². The maximum absolute atomic E-state index is 12.8. The van der Waals surface area contributed by atoms with E-state index in [-0.39, 0.29) is 0 Å². The van der Waals surface area contributed by atoms with E-state index in [0.29, 0.717) is 0 Å². The summed E-state index contributed by atoms with van der Waals surface area (Å²) >= 11 is 0. The molecule has 42 heavy (non-hydrogen) atoms. The van der Waals surface area contributed by atoms with Gasteiger partial charge in [0, 0.05) is 21.8 Å². The largest absolute Gasteiger partial charge is 0.319 e. The number of hydrogen-bond donors (Lipinski definition) is 0. The Balaban J connectivity index is 1.32. The molecular formula is C38H29N2OP. The number of rotatable bonds is 5. The van der Waals surface area contributed by atoms with Crippen LogP contribution < -0.4 is 5.30 Å². The Kier molecular flexibility index (Phi) is 6.53. The van der Waals surface area contributed by atoms with Crippen molar-refractivity contribution in [1.82, 2.24) is 9.97 Å². The van der Waals surface area contributed by atoms with Crippen molar-refractivity contribution in [3.8, 4) is 44.9 Å². The molecule has 0 bridgehead atoms. The van der Waals surface area contributed by atoms with E-state index in [0.717, 1.165) is 55.5 Å². The van der Waals surface area contributed by atoms with Crippen molar-refractivity contribution in [1.29, 1.82) is 0 Å². The van der Waals surface area contributed by atoms with Gasteiger partial charge in [0.1, 0.15) is 7.14 Å². The van der Waals surface area contributed by atoms with Gasteiger partial charge in [-0.3, -0.25) is 0 Å². The van der Waals surface area contributed by atoms with E-state index in [4.69, 9.17) is 9.97 Å². The maximum atomic E-state index is 12.8. The van der Waals surface area contributed by atoms with Crippen LogP contribution in [-0.2, 0) is 4.57 Å². The summed E-state index contributed by atoms with van der Waals surface area (Å²) < 4.78 is 12.8. The van der Waals surface area contributed by atoms with Crippen molar-refractivity contribution in [2.75, 3.05) is 13.3 Å². The van der Waals surface area contributed by atoms with Gasteiger partial charge >= 0.3 is 0 Å². The van der Waals surface area contributed by atoms with Gasteiger partial charge in [0.2, 0.25) is 0 Å². The number of hydrogen-bond acceptors (Lipinski definition) is 3. The van der Waals surface area contributed by atoms with Crippen LogP contribution in [0.2, 0.25) is 0 Å². The lowest BCUT2D eigenvalue weighted by molar-refractivity contribution is 0.588. The Morgan fingerprint density at radius 3 is 1.74 bits per heavy atom. The van der Waals surface area contributed by atoms with Crippen molar-refractivity contribution in [3.63, 3.8) is 0 Å². The summed E-state index contributed by atoms with van der Waals surface area (Å²) in [7, 11) is -2.36. The van der Waals surface area contributed by atoms with E-state index in [1.165, 1.54) is 16.3 Å². The lowest BCUT2D eigenvalue weighted by Gasteiger charge is -2.14. The number of benzene rings is 6. The highest BCUT2D eigenvalue weighted by Gasteiger charge is 2.15. The van der Waals surface area contributed by atoms with Crippen LogP contribution in [0.25, 0.3) is 66.6 Å². The number of para-hydroxylation sites is 1. The first-order chi connectivity index (χ1) is 20.5. The molecule has 3 nitrogen and oxygen atoms in total. The molecule has 0 N–H and O–H groups in total. The summed E-state index contributed by atoms with van der Waals surface area (Å²) in [5.74, 6) is 0.724. The van der Waals surface area contributed by atoms with Crippen LogP contribution in [0, 0.1) is 0 Å². The summed E-state index contributed by atoms with van der Waals surface area (Å²) in [6.07, 6.45) is 0. The molecule has 0 aliphatic rings. The summed E-state index contributed by atoms with van der Waals surface area (Å²) in [5.41, 5.74) is 8.44. The van der Waals surface area contributed by atoms with E-state index >= 15 is 0 Å². The van der Waals surface area contributed by atoms with Gasteiger partial charge in [0.15, 0.2) is 5.82 Å². The highest BCUT2D eigenvalue weighted by Crippen LogP contribution is 2.39. The first kappa shape index (κ1) is 26.1. The Hall–Kier alpha value is -4.85. The Bertz CT molecular complexity index is 2130. The van der Waals surface area contributed by atoms with Gasteiger partial charge in [-0.1, -0.05) is 127 Å². The summed E-state index contributed by atoms with van der Waals surface area (Å²) in [6.45, 7) is 3.65. The third-order valence-electron chi connectivity index (χ3n) is 7.81. The lowest BCUT2D eigenvalue weighted by atomic mass is 9.91. The Morgan fingerprint density at radius 1 is 0.476 bits per heavy atom. The molecule has 1 aromatic heterocycles. The fourth-order valence-electron chi connectivity index (χ4n) is 5.63. The molecule has 4 heteroatoms. The zero-order valence-corrected chi connectivity index (χ0v) is 24.4. The zero-order chi connectivity index (χ0) is 28.7. The number of aromatic nitrogens is 2. The van der Waals surface area contributed by atoms with Gasteiger partial charge in [-0.2, -0.15) is 0 Å². The minimum Gasteiger partial charge on any atom is -0.319 e. The van der Waals surface area contributed by atoms with Gasteiger partial charge < -0.3 is 4.57 Å². The van der Waals surface area contributed by atoms with E-state index in [9.17, 15) is 4.57 Å². The Morgan fingerprint density at radius 2 is 1.05 bits per heavy atom. The first-order valence-corrected chi connectivity index (χ1v) is 16.7. The number of nitrogens with zero attached hydrogens (tertiary/aromatic N) is 2. The SMILES string of the molecule is CP(C)(=O)c1cccc(-c2ccc(-c3ccc(-c4nc(-c5ccccc5)nc5ccccc45)cc3)c3ccccc23)c1. The molecule has 0 aliphatic heterocycles.